The molecular formula is C13H16ClNO2. The normalized spacial score (nSPS) is 14.7. The molecule has 1 aliphatic rings. The summed E-state index contributed by atoms with van der Waals surface area (Å²) in [7, 11) is 1.43. The lowest BCUT2D eigenvalue weighted by Crippen LogP contribution is -2.18. The van der Waals surface area contributed by atoms with Gasteiger partial charge in [0.25, 0.3) is 0 Å². The summed E-state index contributed by atoms with van der Waals surface area (Å²) in [5.41, 5.74) is 2.64. The van der Waals surface area contributed by atoms with Crippen LogP contribution in [-0.2, 0) is 22.6 Å². The zero-order chi connectivity index (χ0) is 12.3. The smallest absolute Gasteiger partial charge is 0.305 e. The molecule has 1 heterocycles. The third-order valence-electron chi connectivity index (χ3n) is 3.04. The van der Waals surface area contributed by atoms with Crippen LogP contribution < -0.4 is 0 Å². The molecule has 0 atom stereocenters. The fourth-order valence-electron chi connectivity index (χ4n) is 2.14. The Labute approximate surface area is 106 Å². The van der Waals surface area contributed by atoms with Crippen molar-refractivity contribution < 1.29 is 9.53 Å². The second-order valence-corrected chi connectivity index (χ2v) is 4.74. The van der Waals surface area contributed by atoms with E-state index in [1.165, 1.54) is 18.2 Å². The predicted octanol–water partition coefficient (Wildman–Crippen LogP) is 2.61. The van der Waals surface area contributed by atoms with Crippen LogP contribution in [0.1, 0.15) is 24.0 Å². The molecule has 0 amide bonds. The Kier molecular flexibility index (Phi) is 4.02. The number of nitrogens with zero attached hydrogens (tertiary/aromatic N) is 1. The van der Waals surface area contributed by atoms with Crippen LogP contribution in [0.4, 0.5) is 0 Å². The van der Waals surface area contributed by atoms with Crippen LogP contribution in [-0.4, -0.2) is 24.5 Å². The van der Waals surface area contributed by atoms with Gasteiger partial charge < -0.3 is 4.74 Å². The van der Waals surface area contributed by atoms with Gasteiger partial charge in [0.05, 0.1) is 7.11 Å². The molecule has 2 rings (SSSR count). The highest BCUT2D eigenvalue weighted by Crippen LogP contribution is 2.25. The molecule has 0 fully saturated rings. The SMILES string of the molecule is COC(=O)CCCN1Cc2ccc(Cl)cc2C1. The van der Waals surface area contributed by atoms with Gasteiger partial charge in [-0.05, 0) is 36.2 Å². The van der Waals surface area contributed by atoms with E-state index in [-0.39, 0.29) is 5.97 Å². The van der Waals surface area contributed by atoms with E-state index in [4.69, 9.17) is 11.6 Å². The first-order chi connectivity index (χ1) is 8.19. The molecule has 1 aromatic carbocycles. The number of hydrogen-bond acceptors (Lipinski definition) is 3. The number of carbonyl (C=O) groups is 1. The highest BCUT2D eigenvalue weighted by molar-refractivity contribution is 6.30. The molecule has 0 saturated carbocycles. The second kappa shape index (κ2) is 5.52. The zero-order valence-corrected chi connectivity index (χ0v) is 10.7. The minimum absolute atomic E-state index is 0.134. The summed E-state index contributed by atoms with van der Waals surface area (Å²) in [5.74, 6) is -0.134. The van der Waals surface area contributed by atoms with E-state index in [0.29, 0.717) is 6.42 Å². The van der Waals surface area contributed by atoms with Crippen molar-refractivity contribution in [2.24, 2.45) is 0 Å². The summed E-state index contributed by atoms with van der Waals surface area (Å²) in [5, 5.41) is 0.792. The third-order valence-corrected chi connectivity index (χ3v) is 3.27. The van der Waals surface area contributed by atoms with Crippen molar-refractivity contribution in [1.29, 1.82) is 0 Å². The summed E-state index contributed by atoms with van der Waals surface area (Å²) in [4.78, 5) is 13.3. The average molecular weight is 254 g/mol. The van der Waals surface area contributed by atoms with Crippen molar-refractivity contribution in [2.75, 3.05) is 13.7 Å². The molecule has 0 unspecified atom stereocenters. The number of halogens is 1. The first-order valence-electron chi connectivity index (χ1n) is 5.75. The number of fused-ring (bicyclic) bond motifs is 1. The summed E-state index contributed by atoms with van der Waals surface area (Å²) in [6.07, 6.45) is 1.33. The summed E-state index contributed by atoms with van der Waals surface area (Å²) >= 11 is 5.96. The zero-order valence-electron chi connectivity index (χ0n) is 9.91. The number of ether oxygens (including phenoxy) is 1. The van der Waals surface area contributed by atoms with Gasteiger partial charge in [-0.2, -0.15) is 0 Å². The van der Waals surface area contributed by atoms with E-state index >= 15 is 0 Å². The Morgan fingerprint density at radius 2 is 2.18 bits per heavy atom. The van der Waals surface area contributed by atoms with Crippen molar-refractivity contribution >= 4 is 17.6 Å². The van der Waals surface area contributed by atoms with E-state index < -0.39 is 0 Å². The van der Waals surface area contributed by atoms with Gasteiger partial charge >= 0.3 is 5.97 Å². The summed E-state index contributed by atoms with van der Waals surface area (Å²) in [6, 6.07) is 6.04. The van der Waals surface area contributed by atoms with E-state index in [9.17, 15) is 4.79 Å². The minimum Gasteiger partial charge on any atom is -0.469 e. The van der Waals surface area contributed by atoms with Crippen LogP contribution in [0.25, 0.3) is 0 Å². The van der Waals surface area contributed by atoms with Crippen LogP contribution in [0.3, 0.4) is 0 Å². The highest BCUT2D eigenvalue weighted by atomic mass is 35.5. The number of hydrogen-bond donors (Lipinski definition) is 0. The van der Waals surface area contributed by atoms with E-state index in [1.807, 2.05) is 12.1 Å². The highest BCUT2D eigenvalue weighted by Gasteiger charge is 2.18. The van der Waals surface area contributed by atoms with Gasteiger partial charge in [-0.15, -0.1) is 0 Å². The van der Waals surface area contributed by atoms with E-state index in [2.05, 4.69) is 15.7 Å². The van der Waals surface area contributed by atoms with Crippen molar-refractivity contribution in [3.8, 4) is 0 Å². The van der Waals surface area contributed by atoms with Crippen LogP contribution in [0.5, 0.6) is 0 Å². The fourth-order valence-corrected chi connectivity index (χ4v) is 2.34. The van der Waals surface area contributed by atoms with Gasteiger partial charge in [0.15, 0.2) is 0 Å². The number of esters is 1. The molecule has 1 aromatic rings. The fraction of sp³-hybridized carbons (Fsp3) is 0.462. The van der Waals surface area contributed by atoms with Gasteiger partial charge in [0.1, 0.15) is 0 Å². The Hall–Kier alpha value is -1.06. The lowest BCUT2D eigenvalue weighted by Gasteiger charge is -2.13. The first kappa shape index (κ1) is 12.4. The molecule has 0 aliphatic carbocycles. The molecule has 0 aromatic heterocycles. The van der Waals surface area contributed by atoms with Crippen LogP contribution in [0, 0.1) is 0 Å². The van der Waals surface area contributed by atoms with Crippen LogP contribution in [0.2, 0.25) is 5.02 Å². The van der Waals surface area contributed by atoms with Crippen LogP contribution in [0.15, 0.2) is 18.2 Å². The van der Waals surface area contributed by atoms with Crippen LogP contribution >= 0.6 is 11.6 Å². The Balaban J connectivity index is 1.82. The summed E-state index contributed by atoms with van der Waals surface area (Å²) in [6.45, 7) is 2.80. The number of methoxy groups -OCH3 is 1. The Morgan fingerprint density at radius 3 is 2.94 bits per heavy atom. The topological polar surface area (TPSA) is 29.5 Å². The maximum Gasteiger partial charge on any atom is 0.305 e. The van der Waals surface area contributed by atoms with E-state index in [0.717, 1.165) is 31.1 Å². The number of rotatable bonds is 4. The Bertz CT molecular complexity index is 420. The largest absolute Gasteiger partial charge is 0.469 e. The molecule has 4 heteroatoms. The number of carbonyl (C=O) groups excluding carboxylic acids is 1. The van der Waals surface area contributed by atoms with Gasteiger partial charge in [-0.1, -0.05) is 17.7 Å². The average Bonchev–Trinajstić information content (AvgIpc) is 2.70. The van der Waals surface area contributed by atoms with Crippen molar-refractivity contribution in [3.63, 3.8) is 0 Å². The standard InChI is InChI=1S/C13H16ClNO2/c1-17-13(16)3-2-6-15-8-10-4-5-12(14)7-11(10)9-15/h4-5,7H,2-3,6,8-9H2,1H3. The van der Waals surface area contributed by atoms with Crippen molar-refractivity contribution in [2.45, 2.75) is 25.9 Å². The monoisotopic (exact) mass is 253 g/mol. The molecule has 0 radical (unpaired) electrons. The molecule has 1 aliphatic heterocycles. The van der Waals surface area contributed by atoms with Gasteiger partial charge in [-0.3, -0.25) is 9.69 Å². The van der Waals surface area contributed by atoms with Gasteiger partial charge in [-0.25, -0.2) is 0 Å². The molecule has 0 N–H and O–H groups in total. The van der Waals surface area contributed by atoms with Crippen molar-refractivity contribution in [1.82, 2.24) is 4.90 Å². The quantitative estimate of drug-likeness (QED) is 0.773. The van der Waals surface area contributed by atoms with Gasteiger partial charge in [0.2, 0.25) is 0 Å². The first-order valence-corrected chi connectivity index (χ1v) is 6.13. The molecule has 92 valence electrons. The van der Waals surface area contributed by atoms with Gasteiger partial charge in [0, 0.05) is 24.5 Å². The molecule has 17 heavy (non-hydrogen) atoms. The van der Waals surface area contributed by atoms with E-state index in [1.54, 1.807) is 0 Å². The molecule has 0 bridgehead atoms. The van der Waals surface area contributed by atoms with Crippen molar-refractivity contribution in [3.05, 3.63) is 34.3 Å². The summed E-state index contributed by atoms with van der Waals surface area (Å²) < 4.78 is 4.62. The lowest BCUT2D eigenvalue weighted by atomic mass is 10.1. The lowest BCUT2D eigenvalue weighted by molar-refractivity contribution is -0.140. The maximum atomic E-state index is 11.0. The molecular weight excluding hydrogens is 238 g/mol. The predicted molar refractivity (Wildman–Crippen MR) is 66.8 cm³/mol. The minimum atomic E-state index is -0.134. The molecule has 0 spiro atoms. The second-order valence-electron chi connectivity index (χ2n) is 4.30. The third kappa shape index (κ3) is 3.20. The Morgan fingerprint density at radius 1 is 1.41 bits per heavy atom. The maximum absolute atomic E-state index is 11.0. The number of benzene rings is 1. The molecule has 0 saturated heterocycles. The molecule has 3 nitrogen and oxygen atoms in total.